The van der Waals surface area contributed by atoms with Gasteiger partial charge in [0, 0.05) is 12.8 Å². The molecule has 0 heterocycles. The van der Waals surface area contributed by atoms with Gasteiger partial charge in [-0.2, -0.15) is 0 Å². The second-order valence-electron chi connectivity index (χ2n) is 6.72. The van der Waals surface area contributed by atoms with E-state index in [-0.39, 0.29) is 19.3 Å². The number of halogens is 2. The van der Waals surface area contributed by atoms with Crippen LogP contribution < -0.4 is 5.48 Å². The van der Waals surface area contributed by atoms with Crippen molar-refractivity contribution in [3.63, 3.8) is 0 Å². The molecule has 1 radical (unpaired) electrons. The summed E-state index contributed by atoms with van der Waals surface area (Å²) in [6.07, 6.45) is -0.687. The number of nitrogens with one attached hydrogen (secondary N) is 1. The summed E-state index contributed by atoms with van der Waals surface area (Å²) in [5, 5.41) is 29.8. The molecule has 2 rings (SSSR count). The number of benzene rings is 1. The average Bonchev–Trinajstić information content (AvgIpc) is 2.61. The van der Waals surface area contributed by atoms with Crippen LogP contribution in [0.1, 0.15) is 37.7 Å². The third-order valence-electron chi connectivity index (χ3n) is 4.87. The van der Waals surface area contributed by atoms with Gasteiger partial charge in [-0.3, -0.25) is 10.0 Å². The SMILES string of the molecule is O=C(NO)C(CC(O)[CH]Cc1ccccc1)C1(O)CCC(F)(F)CC1. The highest BCUT2D eigenvalue weighted by atomic mass is 19.3. The number of hydrogen-bond acceptors (Lipinski definition) is 4. The van der Waals surface area contributed by atoms with Crippen molar-refractivity contribution in [1.82, 2.24) is 5.48 Å². The number of amides is 1. The van der Waals surface area contributed by atoms with E-state index in [9.17, 15) is 23.8 Å². The number of aliphatic hydroxyl groups is 2. The summed E-state index contributed by atoms with van der Waals surface area (Å²) >= 11 is 0. The molecule has 1 aromatic rings. The molecular weight excluding hydrogens is 332 g/mol. The van der Waals surface area contributed by atoms with E-state index >= 15 is 0 Å². The highest BCUT2D eigenvalue weighted by Crippen LogP contribution is 2.43. The van der Waals surface area contributed by atoms with E-state index in [0.717, 1.165) is 5.56 Å². The monoisotopic (exact) mass is 356 g/mol. The standard InChI is InChI=1S/C18H24F2NO4/c19-18(20)10-8-17(24,9-11-18)15(16(23)21-25)12-14(22)7-6-13-4-2-1-3-5-13/h1-5,7,14-15,22,24-25H,6,8-12H2,(H,21,23). The van der Waals surface area contributed by atoms with E-state index < -0.39 is 42.3 Å². The van der Waals surface area contributed by atoms with Gasteiger partial charge in [-0.15, -0.1) is 0 Å². The van der Waals surface area contributed by atoms with E-state index in [1.165, 1.54) is 5.48 Å². The molecule has 0 saturated heterocycles. The molecule has 0 spiro atoms. The first-order valence-electron chi connectivity index (χ1n) is 8.35. The molecule has 25 heavy (non-hydrogen) atoms. The van der Waals surface area contributed by atoms with Crippen molar-refractivity contribution in [3.05, 3.63) is 42.3 Å². The van der Waals surface area contributed by atoms with Crippen LogP contribution in [0.25, 0.3) is 0 Å². The van der Waals surface area contributed by atoms with Crippen molar-refractivity contribution < 1.29 is 29.0 Å². The summed E-state index contributed by atoms with van der Waals surface area (Å²) in [7, 11) is 0. The van der Waals surface area contributed by atoms with Gasteiger partial charge in [0.25, 0.3) is 0 Å². The molecule has 0 aliphatic heterocycles. The van der Waals surface area contributed by atoms with Crippen LogP contribution in [-0.4, -0.2) is 39.0 Å². The van der Waals surface area contributed by atoms with Crippen molar-refractivity contribution in [1.29, 1.82) is 0 Å². The molecule has 2 atom stereocenters. The van der Waals surface area contributed by atoms with Crippen LogP contribution in [0.3, 0.4) is 0 Å². The van der Waals surface area contributed by atoms with E-state index in [0.29, 0.717) is 6.42 Å². The Kier molecular flexibility index (Phi) is 6.48. The van der Waals surface area contributed by atoms with Crippen LogP contribution in [0.4, 0.5) is 8.78 Å². The Morgan fingerprint density at radius 1 is 1.20 bits per heavy atom. The Labute approximate surface area is 145 Å². The fraction of sp³-hybridized carbons (Fsp3) is 0.556. The van der Waals surface area contributed by atoms with E-state index in [1.807, 2.05) is 30.3 Å². The molecule has 2 unspecified atom stereocenters. The predicted molar refractivity (Wildman–Crippen MR) is 86.9 cm³/mol. The van der Waals surface area contributed by atoms with Gasteiger partial charge in [0.2, 0.25) is 11.8 Å². The first-order chi connectivity index (χ1) is 11.8. The van der Waals surface area contributed by atoms with Crippen LogP contribution in [0.15, 0.2) is 30.3 Å². The average molecular weight is 356 g/mol. The molecule has 1 amide bonds. The van der Waals surface area contributed by atoms with Gasteiger partial charge in [-0.25, -0.2) is 14.3 Å². The number of carbonyl (C=O) groups excluding carboxylic acids is 1. The van der Waals surface area contributed by atoms with Gasteiger partial charge in [-0.05, 0) is 37.7 Å². The second-order valence-corrected chi connectivity index (χ2v) is 6.72. The van der Waals surface area contributed by atoms with Gasteiger partial charge >= 0.3 is 0 Å². The summed E-state index contributed by atoms with van der Waals surface area (Å²) in [4.78, 5) is 12.0. The number of aliphatic hydroxyl groups excluding tert-OH is 1. The van der Waals surface area contributed by atoms with E-state index in [2.05, 4.69) is 0 Å². The second kappa shape index (κ2) is 8.21. The topological polar surface area (TPSA) is 89.8 Å². The maximum atomic E-state index is 13.3. The Bertz CT molecular complexity index is 557. The number of hydrogen-bond donors (Lipinski definition) is 4. The van der Waals surface area contributed by atoms with Crippen molar-refractivity contribution in [2.45, 2.75) is 56.2 Å². The zero-order valence-corrected chi connectivity index (χ0v) is 13.9. The quantitative estimate of drug-likeness (QED) is 0.446. The minimum absolute atomic E-state index is 0.151. The van der Waals surface area contributed by atoms with Crippen LogP contribution in [0, 0.1) is 12.3 Å². The van der Waals surface area contributed by atoms with Crippen molar-refractivity contribution in [3.8, 4) is 0 Å². The number of hydroxylamine groups is 1. The summed E-state index contributed by atoms with van der Waals surface area (Å²) in [5.41, 5.74) is 0.778. The summed E-state index contributed by atoms with van der Waals surface area (Å²) in [6.45, 7) is 0. The Balaban J connectivity index is 1.98. The normalized spacial score (nSPS) is 21.3. The molecule has 0 bridgehead atoms. The third-order valence-corrected chi connectivity index (χ3v) is 4.87. The predicted octanol–water partition coefficient (Wildman–Crippen LogP) is 2.25. The van der Waals surface area contributed by atoms with Gasteiger partial charge < -0.3 is 10.2 Å². The van der Waals surface area contributed by atoms with Crippen molar-refractivity contribution >= 4 is 5.91 Å². The van der Waals surface area contributed by atoms with Gasteiger partial charge in [0.1, 0.15) is 0 Å². The summed E-state index contributed by atoms with van der Waals surface area (Å²) < 4.78 is 26.7. The lowest BCUT2D eigenvalue weighted by molar-refractivity contribution is -0.160. The smallest absolute Gasteiger partial charge is 0.249 e. The fourth-order valence-corrected chi connectivity index (χ4v) is 3.27. The van der Waals surface area contributed by atoms with E-state index in [1.54, 1.807) is 6.42 Å². The summed E-state index contributed by atoms with van der Waals surface area (Å²) in [6, 6.07) is 9.37. The maximum absolute atomic E-state index is 13.3. The van der Waals surface area contributed by atoms with Crippen LogP contribution in [0.2, 0.25) is 0 Å². The molecule has 7 heteroatoms. The molecule has 0 aromatic heterocycles. The minimum atomic E-state index is -2.86. The van der Waals surface area contributed by atoms with Gasteiger partial charge in [-0.1, -0.05) is 30.3 Å². The Morgan fingerprint density at radius 3 is 2.36 bits per heavy atom. The van der Waals surface area contributed by atoms with Crippen LogP contribution in [-0.2, 0) is 11.2 Å². The molecule has 4 N–H and O–H groups in total. The molecule has 1 aliphatic rings. The lowest BCUT2D eigenvalue weighted by Gasteiger charge is -2.41. The Hall–Kier alpha value is -1.57. The fourth-order valence-electron chi connectivity index (χ4n) is 3.27. The molecule has 1 saturated carbocycles. The highest BCUT2D eigenvalue weighted by molar-refractivity contribution is 5.78. The first kappa shape index (κ1) is 19.8. The zero-order valence-electron chi connectivity index (χ0n) is 13.9. The largest absolute Gasteiger partial charge is 0.393 e. The Morgan fingerprint density at radius 2 is 1.80 bits per heavy atom. The molecule has 1 aliphatic carbocycles. The van der Waals surface area contributed by atoms with Crippen molar-refractivity contribution in [2.24, 2.45) is 5.92 Å². The number of alkyl halides is 2. The minimum Gasteiger partial charge on any atom is -0.393 e. The maximum Gasteiger partial charge on any atom is 0.249 e. The number of carbonyl (C=O) groups is 1. The molecule has 5 nitrogen and oxygen atoms in total. The summed E-state index contributed by atoms with van der Waals surface area (Å²) in [5.74, 6) is -4.90. The van der Waals surface area contributed by atoms with Crippen LogP contribution in [0.5, 0.6) is 0 Å². The highest BCUT2D eigenvalue weighted by Gasteiger charge is 2.49. The lowest BCUT2D eigenvalue weighted by atomic mass is 9.72. The lowest BCUT2D eigenvalue weighted by Crippen LogP contribution is -2.51. The van der Waals surface area contributed by atoms with Gasteiger partial charge in [0.05, 0.1) is 17.6 Å². The molecule has 139 valence electrons. The molecular formula is C18H24F2NO4. The third kappa shape index (κ3) is 5.45. The van der Waals surface area contributed by atoms with Crippen LogP contribution >= 0.6 is 0 Å². The molecule has 1 aromatic carbocycles. The van der Waals surface area contributed by atoms with Gasteiger partial charge in [0.15, 0.2) is 0 Å². The van der Waals surface area contributed by atoms with E-state index in [4.69, 9.17) is 5.21 Å². The van der Waals surface area contributed by atoms with Crippen molar-refractivity contribution in [2.75, 3.05) is 0 Å². The zero-order chi connectivity index (χ0) is 18.5. The molecule has 1 fully saturated rings. The number of rotatable bonds is 7. The first-order valence-corrected chi connectivity index (χ1v) is 8.35.